The lowest BCUT2D eigenvalue weighted by Crippen LogP contribution is -2.28. The Morgan fingerprint density at radius 2 is 1.49 bits per heavy atom. The lowest BCUT2D eigenvalue weighted by Gasteiger charge is -2.30. The van der Waals surface area contributed by atoms with E-state index in [1.165, 1.54) is 0 Å². The molecule has 2 N–H and O–H groups in total. The van der Waals surface area contributed by atoms with E-state index in [0.29, 0.717) is 13.0 Å². The topological polar surface area (TPSA) is 70.0 Å². The summed E-state index contributed by atoms with van der Waals surface area (Å²) in [5.41, 5.74) is 3.88. The van der Waals surface area contributed by atoms with Crippen LogP contribution in [0.5, 0.6) is 5.75 Å². The molecule has 4 aromatic rings. The Labute approximate surface area is 218 Å². The third-order valence-corrected chi connectivity index (χ3v) is 6.52. The minimum Gasteiger partial charge on any atom is -0.489 e. The molecule has 0 bridgehead atoms. The van der Waals surface area contributed by atoms with Crippen LogP contribution in [-0.2, 0) is 12.2 Å². The van der Waals surface area contributed by atoms with Crippen LogP contribution < -0.4 is 4.74 Å². The van der Waals surface area contributed by atoms with Crippen molar-refractivity contribution >= 4 is 5.97 Å². The molecule has 0 aromatic heterocycles. The molecule has 4 rings (SSSR count). The largest absolute Gasteiger partial charge is 0.489 e. The predicted octanol–water partition coefficient (Wildman–Crippen LogP) is 6.21. The third kappa shape index (κ3) is 6.64. The summed E-state index contributed by atoms with van der Waals surface area (Å²) in [5, 5.41) is 20.9. The SMILES string of the molecule is CN(C)CCC[C@](O)(c1ccccc1)c1ccc(OCc2cccc(-c3ccc(C(=O)O)cc3)c2)cc1. The molecule has 0 amide bonds. The second kappa shape index (κ2) is 11.9. The first-order valence-corrected chi connectivity index (χ1v) is 12.4. The summed E-state index contributed by atoms with van der Waals surface area (Å²) < 4.78 is 6.05. The zero-order valence-corrected chi connectivity index (χ0v) is 21.3. The van der Waals surface area contributed by atoms with E-state index in [9.17, 15) is 9.90 Å². The minimum absolute atomic E-state index is 0.267. The van der Waals surface area contributed by atoms with Crippen LogP contribution in [0.15, 0.2) is 103 Å². The van der Waals surface area contributed by atoms with Gasteiger partial charge in [0.05, 0.1) is 5.56 Å². The fraction of sp³-hybridized carbons (Fsp3) is 0.219. The van der Waals surface area contributed by atoms with Crippen LogP contribution >= 0.6 is 0 Å². The van der Waals surface area contributed by atoms with Crippen LogP contribution in [0.4, 0.5) is 0 Å². The summed E-state index contributed by atoms with van der Waals surface area (Å²) >= 11 is 0. The molecule has 0 unspecified atom stereocenters. The van der Waals surface area contributed by atoms with Gasteiger partial charge in [0.15, 0.2) is 0 Å². The molecule has 0 aliphatic rings. The van der Waals surface area contributed by atoms with E-state index in [4.69, 9.17) is 9.84 Å². The Bertz CT molecular complexity index is 1300. The molecule has 1 atom stereocenters. The average molecular weight is 496 g/mol. The lowest BCUT2D eigenvalue weighted by molar-refractivity contribution is 0.0663. The molecule has 5 nitrogen and oxygen atoms in total. The van der Waals surface area contributed by atoms with Crippen molar-refractivity contribution in [1.82, 2.24) is 4.90 Å². The van der Waals surface area contributed by atoms with E-state index in [2.05, 4.69) is 4.90 Å². The van der Waals surface area contributed by atoms with Gasteiger partial charge in [0, 0.05) is 0 Å². The van der Waals surface area contributed by atoms with Gasteiger partial charge in [0.2, 0.25) is 0 Å². The number of hydrogen-bond donors (Lipinski definition) is 2. The van der Waals surface area contributed by atoms with Gasteiger partial charge in [-0.05, 0) is 91.6 Å². The zero-order valence-electron chi connectivity index (χ0n) is 21.3. The number of aliphatic hydroxyl groups is 1. The minimum atomic E-state index is -1.07. The van der Waals surface area contributed by atoms with Crippen molar-refractivity contribution in [3.63, 3.8) is 0 Å². The molecule has 0 aliphatic heterocycles. The van der Waals surface area contributed by atoms with E-state index in [0.717, 1.165) is 46.5 Å². The normalized spacial score (nSPS) is 12.8. The van der Waals surface area contributed by atoms with E-state index >= 15 is 0 Å². The number of carboxylic acid groups (broad SMARTS) is 1. The molecular formula is C32H33NO4. The van der Waals surface area contributed by atoms with Gasteiger partial charge in [-0.1, -0.05) is 72.8 Å². The molecule has 0 saturated heterocycles. The van der Waals surface area contributed by atoms with Crippen molar-refractivity contribution in [2.75, 3.05) is 20.6 Å². The maximum absolute atomic E-state index is 11.8. The van der Waals surface area contributed by atoms with Crippen LogP contribution in [0, 0.1) is 0 Å². The van der Waals surface area contributed by atoms with E-state index in [1.54, 1.807) is 12.1 Å². The van der Waals surface area contributed by atoms with Crippen molar-refractivity contribution in [1.29, 1.82) is 0 Å². The van der Waals surface area contributed by atoms with Crippen LogP contribution in [0.1, 0.15) is 39.9 Å². The maximum Gasteiger partial charge on any atom is 0.335 e. The third-order valence-electron chi connectivity index (χ3n) is 6.52. The number of ether oxygens (including phenoxy) is 1. The standard InChI is InChI=1S/C32H33NO4/c1-33(2)21-7-20-32(36,28-10-4-3-5-11-28)29-16-18-30(19-17-29)37-23-24-8-6-9-27(22-24)25-12-14-26(15-13-25)31(34)35/h3-6,8-19,22,36H,7,20-21,23H2,1-2H3,(H,34,35)/t32-/m0/s1. The van der Waals surface area contributed by atoms with E-state index < -0.39 is 11.6 Å². The number of hydrogen-bond acceptors (Lipinski definition) is 4. The van der Waals surface area contributed by atoms with Gasteiger partial charge < -0.3 is 19.8 Å². The summed E-state index contributed by atoms with van der Waals surface area (Å²) in [7, 11) is 4.08. The molecule has 0 spiro atoms. The molecule has 37 heavy (non-hydrogen) atoms. The van der Waals surface area contributed by atoms with Crippen molar-refractivity contribution < 1.29 is 19.7 Å². The predicted molar refractivity (Wildman–Crippen MR) is 147 cm³/mol. The van der Waals surface area contributed by atoms with Crippen molar-refractivity contribution in [3.8, 4) is 16.9 Å². The Balaban J connectivity index is 1.46. The highest BCUT2D eigenvalue weighted by Gasteiger charge is 2.31. The number of carbonyl (C=O) groups is 1. The number of benzene rings is 4. The zero-order chi connectivity index (χ0) is 26.3. The average Bonchev–Trinajstić information content (AvgIpc) is 2.92. The van der Waals surface area contributed by atoms with E-state index in [-0.39, 0.29) is 5.56 Å². The number of aromatic carboxylic acids is 1. The molecule has 0 aliphatic carbocycles. The van der Waals surface area contributed by atoms with Crippen molar-refractivity contribution in [3.05, 3.63) is 125 Å². The van der Waals surface area contributed by atoms with Gasteiger partial charge in [-0.3, -0.25) is 0 Å². The highest BCUT2D eigenvalue weighted by Crippen LogP contribution is 2.35. The monoisotopic (exact) mass is 495 g/mol. The van der Waals surface area contributed by atoms with Gasteiger partial charge in [0.1, 0.15) is 18.0 Å². The number of rotatable bonds is 11. The molecule has 0 heterocycles. The first kappa shape index (κ1) is 26.1. The van der Waals surface area contributed by atoms with Crippen LogP contribution in [0.25, 0.3) is 11.1 Å². The summed E-state index contributed by atoms with van der Waals surface area (Å²) in [6.45, 7) is 1.30. The van der Waals surface area contributed by atoms with Gasteiger partial charge in [-0.25, -0.2) is 4.79 Å². The highest BCUT2D eigenvalue weighted by molar-refractivity contribution is 5.88. The van der Waals surface area contributed by atoms with Gasteiger partial charge in [0.25, 0.3) is 0 Å². The summed E-state index contributed by atoms with van der Waals surface area (Å²) in [6, 6.07) is 32.4. The fourth-order valence-electron chi connectivity index (χ4n) is 4.46. The second-order valence-electron chi connectivity index (χ2n) is 9.53. The fourth-order valence-corrected chi connectivity index (χ4v) is 4.46. The molecule has 0 radical (unpaired) electrons. The Morgan fingerprint density at radius 1 is 0.811 bits per heavy atom. The Hall–Kier alpha value is -3.93. The Kier molecular flexibility index (Phi) is 8.39. The Morgan fingerprint density at radius 3 is 2.14 bits per heavy atom. The van der Waals surface area contributed by atoms with Crippen LogP contribution in [-0.4, -0.2) is 41.7 Å². The van der Waals surface area contributed by atoms with Gasteiger partial charge >= 0.3 is 5.97 Å². The first-order valence-electron chi connectivity index (χ1n) is 12.4. The summed E-state index contributed by atoms with van der Waals surface area (Å²) in [6.07, 6.45) is 1.49. The molecular weight excluding hydrogens is 462 g/mol. The van der Waals surface area contributed by atoms with Crippen molar-refractivity contribution in [2.45, 2.75) is 25.0 Å². The smallest absolute Gasteiger partial charge is 0.335 e. The maximum atomic E-state index is 11.8. The number of nitrogens with zero attached hydrogens (tertiary/aromatic N) is 1. The highest BCUT2D eigenvalue weighted by atomic mass is 16.5. The lowest BCUT2D eigenvalue weighted by atomic mass is 9.82. The van der Waals surface area contributed by atoms with Crippen molar-refractivity contribution in [2.24, 2.45) is 0 Å². The second-order valence-corrected chi connectivity index (χ2v) is 9.53. The van der Waals surface area contributed by atoms with Crippen LogP contribution in [0.2, 0.25) is 0 Å². The molecule has 5 heteroatoms. The first-order chi connectivity index (χ1) is 17.8. The summed E-state index contributed by atoms with van der Waals surface area (Å²) in [4.78, 5) is 13.2. The van der Waals surface area contributed by atoms with Gasteiger partial charge in [-0.2, -0.15) is 0 Å². The molecule has 190 valence electrons. The van der Waals surface area contributed by atoms with Crippen LogP contribution in [0.3, 0.4) is 0 Å². The summed E-state index contributed by atoms with van der Waals surface area (Å²) in [5.74, 6) is -0.209. The molecule has 4 aromatic carbocycles. The quantitative estimate of drug-likeness (QED) is 0.259. The van der Waals surface area contributed by atoms with Gasteiger partial charge in [-0.15, -0.1) is 0 Å². The van der Waals surface area contributed by atoms with E-state index in [1.807, 2.05) is 105 Å². The molecule has 0 fully saturated rings. The molecule has 0 saturated carbocycles. The number of carboxylic acids is 1.